The van der Waals surface area contributed by atoms with Crippen molar-refractivity contribution in [3.8, 4) is 11.3 Å². The number of rotatable bonds is 8. The molecule has 4 aromatic rings. The standard InChI is InChI=1S/C28H33F2N7O2/c1-17(2)37-18(3)33-26-21(29)11-20(12-23(26)37)25-22(30)14-32-27(35-25)34-24-6-5-19(13-31-24)15-36-8-10-39-28(4,16-36)7-9-38/h5-6,11-14,17,38H,7-10,15-16H2,1-4H3,(H,31,32,34,35)/t28-/m1/s1. The summed E-state index contributed by atoms with van der Waals surface area (Å²) in [4.78, 5) is 19.5. The Balaban J connectivity index is 1.34. The van der Waals surface area contributed by atoms with Crippen molar-refractivity contribution in [2.24, 2.45) is 0 Å². The van der Waals surface area contributed by atoms with Crippen molar-refractivity contribution in [2.75, 3.05) is 31.6 Å². The van der Waals surface area contributed by atoms with Gasteiger partial charge >= 0.3 is 0 Å². The summed E-state index contributed by atoms with van der Waals surface area (Å²) < 4.78 is 37.6. The van der Waals surface area contributed by atoms with Crippen LogP contribution in [-0.2, 0) is 11.3 Å². The fourth-order valence-electron chi connectivity index (χ4n) is 5.19. The summed E-state index contributed by atoms with van der Waals surface area (Å²) in [5, 5.41) is 12.3. The summed E-state index contributed by atoms with van der Waals surface area (Å²) in [5.41, 5.74) is 1.77. The van der Waals surface area contributed by atoms with E-state index in [1.54, 1.807) is 12.3 Å². The van der Waals surface area contributed by atoms with Crippen LogP contribution in [0, 0.1) is 18.6 Å². The highest BCUT2D eigenvalue weighted by Crippen LogP contribution is 2.30. The molecule has 0 unspecified atom stereocenters. The van der Waals surface area contributed by atoms with Crippen molar-refractivity contribution in [1.29, 1.82) is 0 Å². The van der Waals surface area contributed by atoms with Crippen molar-refractivity contribution in [2.45, 2.75) is 52.3 Å². The molecule has 2 N–H and O–H groups in total. The van der Waals surface area contributed by atoms with E-state index in [0.717, 1.165) is 24.8 Å². The number of morpholine rings is 1. The van der Waals surface area contributed by atoms with Gasteiger partial charge in [0.1, 0.15) is 22.9 Å². The predicted octanol–water partition coefficient (Wildman–Crippen LogP) is 4.77. The minimum Gasteiger partial charge on any atom is -0.396 e. The van der Waals surface area contributed by atoms with E-state index < -0.39 is 11.6 Å². The molecule has 4 heterocycles. The van der Waals surface area contributed by atoms with Crippen LogP contribution in [0.3, 0.4) is 0 Å². The molecule has 11 heteroatoms. The number of aliphatic hydroxyl groups is 1. The number of aryl methyl sites for hydroxylation is 1. The molecule has 1 fully saturated rings. The minimum atomic E-state index is -0.659. The smallest absolute Gasteiger partial charge is 0.229 e. The number of imidazole rings is 1. The molecule has 0 bridgehead atoms. The van der Waals surface area contributed by atoms with Crippen LogP contribution in [0.1, 0.15) is 44.6 Å². The molecule has 1 atom stereocenters. The highest BCUT2D eigenvalue weighted by Gasteiger charge is 2.31. The van der Waals surface area contributed by atoms with Crippen molar-refractivity contribution >= 4 is 22.8 Å². The van der Waals surface area contributed by atoms with Crippen LogP contribution in [0.25, 0.3) is 22.3 Å². The van der Waals surface area contributed by atoms with E-state index in [2.05, 4.69) is 30.2 Å². The first kappa shape index (κ1) is 27.0. The summed E-state index contributed by atoms with van der Waals surface area (Å²) in [6, 6.07) is 6.78. The van der Waals surface area contributed by atoms with E-state index in [1.165, 1.54) is 6.07 Å². The Morgan fingerprint density at radius 1 is 1.13 bits per heavy atom. The number of anilines is 2. The maximum Gasteiger partial charge on any atom is 0.229 e. The van der Waals surface area contributed by atoms with Gasteiger partial charge in [-0.05, 0) is 51.5 Å². The molecular formula is C28H33F2N7O2. The van der Waals surface area contributed by atoms with E-state index in [-0.39, 0.29) is 35.4 Å². The van der Waals surface area contributed by atoms with E-state index in [9.17, 15) is 13.9 Å². The second kappa shape index (κ2) is 10.9. The second-order valence-electron chi connectivity index (χ2n) is 10.5. The van der Waals surface area contributed by atoms with Crippen molar-refractivity contribution in [1.82, 2.24) is 29.4 Å². The van der Waals surface area contributed by atoms with Crippen LogP contribution >= 0.6 is 0 Å². The summed E-state index contributed by atoms with van der Waals surface area (Å²) in [6.07, 6.45) is 3.42. The van der Waals surface area contributed by atoms with Gasteiger partial charge in [-0.25, -0.2) is 28.7 Å². The SMILES string of the molecule is Cc1nc2c(F)cc(-c3nc(Nc4ccc(CN5CCO[C@](C)(CCO)C5)cn4)ncc3F)cc2n1C(C)C. The van der Waals surface area contributed by atoms with Crippen molar-refractivity contribution < 1.29 is 18.6 Å². The van der Waals surface area contributed by atoms with Gasteiger partial charge in [-0.2, -0.15) is 0 Å². The third-order valence-electron chi connectivity index (χ3n) is 6.99. The molecule has 1 aliphatic rings. The van der Waals surface area contributed by atoms with Gasteiger partial charge in [-0.15, -0.1) is 0 Å². The molecule has 0 amide bonds. The lowest BCUT2D eigenvalue weighted by Crippen LogP contribution is -2.50. The number of halogens is 2. The first-order valence-corrected chi connectivity index (χ1v) is 13.1. The number of ether oxygens (including phenoxy) is 1. The lowest BCUT2D eigenvalue weighted by atomic mass is 10.00. The Bertz CT molecular complexity index is 1470. The molecule has 1 saturated heterocycles. The summed E-state index contributed by atoms with van der Waals surface area (Å²) in [7, 11) is 0. The number of fused-ring (bicyclic) bond motifs is 1. The fourth-order valence-corrected chi connectivity index (χ4v) is 5.19. The summed E-state index contributed by atoms with van der Waals surface area (Å²) in [5.74, 6) is 0.136. The number of hydrogen-bond acceptors (Lipinski definition) is 8. The molecular weight excluding hydrogens is 504 g/mol. The Morgan fingerprint density at radius 2 is 1.95 bits per heavy atom. The zero-order valence-corrected chi connectivity index (χ0v) is 22.6. The van der Waals surface area contributed by atoms with Gasteiger partial charge in [0.2, 0.25) is 5.95 Å². The highest BCUT2D eigenvalue weighted by atomic mass is 19.1. The monoisotopic (exact) mass is 537 g/mol. The van der Waals surface area contributed by atoms with E-state index >= 15 is 0 Å². The zero-order valence-electron chi connectivity index (χ0n) is 22.6. The first-order chi connectivity index (χ1) is 18.7. The molecule has 9 nitrogen and oxygen atoms in total. The minimum absolute atomic E-state index is 0.0164. The Kier molecular flexibility index (Phi) is 7.57. The van der Waals surface area contributed by atoms with Gasteiger partial charge in [0.25, 0.3) is 0 Å². The number of nitrogens with zero attached hydrogens (tertiary/aromatic N) is 6. The molecule has 0 saturated carbocycles. The summed E-state index contributed by atoms with van der Waals surface area (Å²) >= 11 is 0. The predicted molar refractivity (Wildman–Crippen MR) is 145 cm³/mol. The van der Waals surface area contributed by atoms with Gasteiger partial charge in [0, 0.05) is 50.5 Å². The highest BCUT2D eigenvalue weighted by molar-refractivity contribution is 5.83. The van der Waals surface area contributed by atoms with Gasteiger partial charge in [0.05, 0.1) is 23.9 Å². The van der Waals surface area contributed by atoms with Crippen LogP contribution in [-0.4, -0.2) is 66.4 Å². The normalized spacial score (nSPS) is 18.3. The molecule has 0 aliphatic carbocycles. The van der Waals surface area contributed by atoms with Crippen LogP contribution in [0.2, 0.25) is 0 Å². The first-order valence-electron chi connectivity index (χ1n) is 13.1. The second-order valence-corrected chi connectivity index (χ2v) is 10.5. The number of pyridine rings is 1. The number of aromatic nitrogens is 5. The van der Waals surface area contributed by atoms with E-state index in [0.29, 0.717) is 42.3 Å². The topological polar surface area (TPSA) is 101 Å². The number of benzene rings is 1. The van der Waals surface area contributed by atoms with Crippen molar-refractivity contribution in [3.05, 3.63) is 59.7 Å². The Morgan fingerprint density at radius 3 is 2.67 bits per heavy atom. The molecule has 0 spiro atoms. The molecule has 39 heavy (non-hydrogen) atoms. The average molecular weight is 538 g/mol. The number of nitrogens with one attached hydrogen (secondary N) is 1. The van der Waals surface area contributed by atoms with E-state index in [1.807, 2.05) is 44.4 Å². The Labute approximate surface area is 225 Å². The van der Waals surface area contributed by atoms with Crippen LogP contribution in [0.4, 0.5) is 20.5 Å². The maximum absolute atomic E-state index is 15.0. The molecule has 0 radical (unpaired) electrons. The largest absolute Gasteiger partial charge is 0.396 e. The van der Waals surface area contributed by atoms with Crippen LogP contribution in [0.5, 0.6) is 0 Å². The molecule has 1 aromatic carbocycles. The van der Waals surface area contributed by atoms with E-state index in [4.69, 9.17) is 4.74 Å². The van der Waals surface area contributed by atoms with Crippen molar-refractivity contribution in [3.63, 3.8) is 0 Å². The van der Waals surface area contributed by atoms with Crippen LogP contribution < -0.4 is 5.32 Å². The van der Waals surface area contributed by atoms with Gasteiger partial charge in [-0.3, -0.25) is 4.90 Å². The van der Waals surface area contributed by atoms with Gasteiger partial charge in [-0.1, -0.05) is 6.07 Å². The third kappa shape index (κ3) is 5.75. The lowest BCUT2D eigenvalue weighted by molar-refractivity contribution is -0.109. The fraction of sp³-hybridized carbons (Fsp3) is 0.429. The van der Waals surface area contributed by atoms with Gasteiger partial charge < -0.3 is 19.7 Å². The van der Waals surface area contributed by atoms with Crippen LogP contribution in [0.15, 0.2) is 36.7 Å². The third-order valence-corrected chi connectivity index (χ3v) is 6.99. The molecule has 3 aromatic heterocycles. The Hall–Kier alpha value is -3.54. The molecule has 206 valence electrons. The summed E-state index contributed by atoms with van der Waals surface area (Å²) in [6.45, 7) is 10.7. The average Bonchev–Trinajstić information content (AvgIpc) is 3.23. The quantitative estimate of drug-likeness (QED) is 0.332. The maximum atomic E-state index is 15.0. The zero-order chi connectivity index (χ0) is 27.7. The molecule has 1 aliphatic heterocycles. The number of hydrogen-bond donors (Lipinski definition) is 2. The number of aliphatic hydroxyl groups excluding tert-OH is 1. The molecule has 5 rings (SSSR count). The van der Waals surface area contributed by atoms with Gasteiger partial charge in [0.15, 0.2) is 11.6 Å². The lowest BCUT2D eigenvalue weighted by Gasteiger charge is -2.40.